The van der Waals surface area contributed by atoms with Gasteiger partial charge in [0.05, 0.1) is 26.3 Å². The minimum Gasteiger partial charge on any atom is -0.493 e. The van der Waals surface area contributed by atoms with Gasteiger partial charge < -0.3 is 14.4 Å². The number of methoxy groups -OCH3 is 2. The number of rotatable bonds is 6. The molecule has 26 heavy (non-hydrogen) atoms. The molecule has 1 fully saturated rings. The maximum absolute atomic E-state index is 12.7. The Bertz CT molecular complexity index is 787. The molecule has 1 amide bonds. The molecule has 1 aromatic carbocycles. The Morgan fingerprint density at radius 3 is 2.88 bits per heavy atom. The van der Waals surface area contributed by atoms with E-state index >= 15 is 0 Å². The van der Waals surface area contributed by atoms with Gasteiger partial charge in [0, 0.05) is 23.5 Å². The number of carbonyl (C=O) groups excluding carboxylic acids is 1. The molecule has 0 N–H and O–H groups in total. The van der Waals surface area contributed by atoms with Gasteiger partial charge in [-0.25, -0.2) is 4.98 Å². The Morgan fingerprint density at radius 1 is 1.35 bits per heavy atom. The van der Waals surface area contributed by atoms with Crippen molar-refractivity contribution in [1.82, 2.24) is 9.88 Å². The Kier molecular flexibility index (Phi) is 5.93. The highest BCUT2D eigenvalue weighted by Crippen LogP contribution is 2.33. The van der Waals surface area contributed by atoms with Gasteiger partial charge in [-0.2, -0.15) is 0 Å². The van der Waals surface area contributed by atoms with Crippen LogP contribution in [0.25, 0.3) is 10.6 Å². The highest BCUT2D eigenvalue weighted by molar-refractivity contribution is 7.13. The van der Waals surface area contributed by atoms with Crippen molar-refractivity contribution < 1.29 is 14.3 Å². The number of piperidine rings is 1. The van der Waals surface area contributed by atoms with Gasteiger partial charge in [-0.3, -0.25) is 4.79 Å². The number of ether oxygens (including phenoxy) is 2. The quantitative estimate of drug-likeness (QED) is 0.721. The van der Waals surface area contributed by atoms with Crippen LogP contribution in [0.15, 0.2) is 36.2 Å². The van der Waals surface area contributed by atoms with Crippen molar-refractivity contribution in [3.63, 3.8) is 0 Å². The zero-order valence-corrected chi connectivity index (χ0v) is 16.1. The third-order valence-corrected chi connectivity index (χ3v) is 5.60. The molecule has 5 nitrogen and oxygen atoms in total. The number of nitrogens with zero attached hydrogens (tertiary/aromatic N) is 2. The van der Waals surface area contributed by atoms with Crippen LogP contribution in [0, 0.1) is 0 Å². The Morgan fingerprint density at radius 2 is 2.15 bits per heavy atom. The lowest BCUT2D eigenvalue weighted by molar-refractivity contribution is -0.133. The monoisotopic (exact) mass is 372 g/mol. The first kappa shape index (κ1) is 18.5. The van der Waals surface area contributed by atoms with Crippen molar-refractivity contribution in [2.75, 3.05) is 20.8 Å². The Labute approximate surface area is 158 Å². The molecule has 1 saturated heterocycles. The second-order valence-corrected chi connectivity index (χ2v) is 7.13. The first-order valence-electron chi connectivity index (χ1n) is 8.75. The fraction of sp³-hybridized carbons (Fsp3) is 0.400. The first-order valence-corrected chi connectivity index (χ1v) is 9.63. The number of aromatic nitrogens is 1. The molecule has 1 aliphatic rings. The van der Waals surface area contributed by atoms with E-state index in [1.165, 1.54) is 11.3 Å². The molecule has 3 rings (SSSR count). The minimum atomic E-state index is 0.124. The molecule has 138 valence electrons. The SMILES string of the molecule is C=C[C@H]1CCCCN1C(=O)Cc1csc(-c2ccc(OC)c(OC)c2)n1. The lowest BCUT2D eigenvalue weighted by atomic mass is 10.0. The topological polar surface area (TPSA) is 51.7 Å². The van der Waals surface area contributed by atoms with E-state index in [4.69, 9.17) is 9.47 Å². The summed E-state index contributed by atoms with van der Waals surface area (Å²) >= 11 is 1.53. The van der Waals surface area contributed by atoms with E-state index in [0.29, 0.717) is 17.9 Å². The fourth-order valence-electron chi connectivity index (χ4n) is 3.26. The summed E-state index contributed by atoms with van der Waals surface area (Å²) < 4.78 is 10.6. The van der Waals surface area contributed by atoms with Gasteiger partial charge in [0.25, 0.3) is 0 Å². The van der Waals surface area contributed by atoms with E-state index in [1.54, 1.807) is 14.2 Å². The van der Waals surface area contributed by atoms with Crippen LogP contribution in [0.1, 0.15) is 25.0 Å². The highest BCUT2D eigenvalue weighted by atomic mass is 32.1. The third-order valence-electron chi connectivity index (χ3n) is 4.66. The number of amides is 1. The van der Waals surface area contributed by atoms with Crippen molar-refractivity contribution >= 4 is 17.2 Å². The third kappa shape index (κ3) is 3.90. The molecule has 2 aromatic rings. The lowest BCUT2D eigenvalue weighted by Crippen LogP contribution is -2.43. The van der Waals surface area contributed by atoms with Crippen LogP contribution in [-0.2, 0) is 11.2 Å². The summed E-state index contributed by atoms with van der Waals surface area (Å²) in [4.78, 5) is 19.3. The number of likely N-dealkylation sites (tertiary alicyclic amines) is 1. The molecule has 0 spiro atoms. The number of carbonyl (C=O) groups is 1. The molecule has 0 radical (unpaired) electrons. The number of thiazole rings is 1. The van der Waals surface area contributed by atoms with Crippen LogP contribution >= 0.6 is 11.3 Å². The van der Waals surface area contributed by atoms with E-state index in [9.17, 15) is 4.79 Å². The van der Waals surface area contributed by atoms with Crippen LogP contribution < -0.4 is 9.47 Å². The Hall–Kier alpha value is -2.34. The molecule has 1 aromatic heterocycles. The van der Waals surface area contributed by atoms with Gasteiger partial charge in [0.1, 0.15) is 5.01 Å². The van der Waals surface area contributed by atoms with E-state index < -0.39 is 0 Å². The smallest absolute Gasteiger partial charge is 0.229 e. The van der Waals surface area contributed by atoms with Gasteiger partial charge in [0.15, 0.2) is 11.5 Å². The molecular formula is C20H24N2O3S. The van der Waals surface area contributed by atoms with Gasteiger partial charge in [-0.15, -0.1) is 17.9 Å². The summed E-state index contributed by atoms with van der Waals surface area (Å²) in [5.74, 6) is 1.47. The lowest BCUT2D eigenvalue weighted by Gasteiger charge is -2.33. The largest absolute Gasteiger partial charge is 0.493 e. The van der Waals surface area contributed by atoms with Crippen molar-refractivity contribution in [2.24, 2.45) is 0 Å². The summed E-state index contributed by atoms with van der Waals surface area (Å²) in [6.45, 7) is 4.68. The van der Waals surface area contributed by atoms with E-state index in [2.05, 4.69) is 11.6 Å². The molecule has 6 heteroatoms. The molecule has 0 aliphatic carbocycles. The predicted molar refractivity (Wildman–Crippen MR) is 104 cm³/mol. The molecule has 1 atom stereocenters. The van der Waals surface area contributed by atoms with Gasteiger partial charge >= 0.3 is 0 Å². The van der Waals surface area contributed by atoms with E-state index in [0.717, 1.165) is 42.1 Å². The summed E-state index contributed by atoms with van der Waals surface area (Å²) in [7, 11) is 3.23. The number of benzene rings is 1. The van der Waals surface area contributed by atoms with E-state index in [-0.39, 0.29) is 11.9 Å². The first-order chi connectivity index (χ1) is 12.7. The normalized spacial score (nSPS) is 17.0. The van der Waals surface area contributed by atoms with Crippen LogP contribution in [0.4, 0.5) is 0 Å². The van der Waals surface area contributed by atoms with Gasteiger partial charge in [0.2, 0.25) is 5.91 Å². The highest BCUT2D eigenvalue weighted by Gasteiger charge is 2.25. The summed E-state index contributed by atoms with van der Waals surface area (Å²) in [6, 6.07) is 5.87. The summed E-state index contributed by atoms with van der Waals surface area (Å²) in [5, 5.41) is 2.82. The van der Waals surface area contributed by atoms with Gasteiger partial charge in [-0.1, -0.05) is 6.08 Å². The van der Waals surface area contributed by atoms with Gasteiger partial charge in [-0.05, 0) is 37.5 Å². The molecule has 2 heterocycles. The van der Waals surface area contributed by atoms with Crippen molar-refractivity contribution in [3.8, 4) is 22.1 Å². The fourth-order valence-corrected chi connectivity index (χ4v) is 4.08. The standard InChI is InChI=1S/C20H24N2O3S/c1-4-16-7-5-6-10-22(16)19(23)12-15-13-26-20(21-15)14-8-9-17(24-2)18(11-14)25-3/h4,8-9,11,13,16H,1,5-7,10,12H2,2-3H3/t16-/m0/s1. The molecular weight excluding hydrogens is 348 g/mol. The molecule has 0 bridgehead atoms. The second-order valence-electron chi connectivity index (χ2n) is 6.28. The second kappa shape index (κ2) is 8.36. The minimum absolute atomic E-state index is 0.124. The number of hydrogen-bond donors (Lipinski definition) is 0. The van der Waals surface area contributed by atoms with Crippen molar-refractivity contribution in [3.05, 3.63) is 41.9 Å². The maximum atomic E-state index is 12.7. The van der Waals surface area contributed by atoms with Crippen LogP contribution in [-0.4, -0.2) is 42.6 Å². The summed E-state index contributed by atoms with van der Waals surface area (Å²) in [5.41, 5.74) is 1.76. The predicted octanol–water partition coefficient (Wildman–Crippen LogP) is 3.94. The Balaban J connectivity index is 1.73. The molecule has 1 aliphatic heterocycles. The zero-order chi connectivity index (χ0) is 18.5. The van der Waals surface area contributed by atoms with E-state index in [1.807, 2.05) is 34.6 Å². The molecule has 0 saturated carbocycles. The average molecular weight is 372 g/mol. The number of hydrogen-bond acceptors (Lipinski definition) is 5. The average Bonchev–Trinajstić information content (AvgIpc) is 3.15. The van der Waals surface area contributed by atoms with Crippen molar-refractivity contribution in [1.29, 1.82) is 0 Å². The molecule has 0 unspecified atom stereocenters. The van der Waals surface area contributed by atoms with Crippen LogP contribution in [0.2, 0.25) is 0 Å². The van der Waals surface area contributed by atoms with Crippen molar-refractivity contribution in [2.45, 2.75) is 31.7 Å². The zero-order valence-electron chi connectivity index (χ0n) is 15.2. The maximum Gasteiger partial charge on any atom is 0.229 e. The summed E-state index contributed by atoms with van der Waals surface area (Å²) in [6.07, 6.45) is 5.43. The van der Waals surface area contributed by atoms with Crippen LogP contribution in [0.5, 0.6) is 11.5 Å². The van der Waals surface area contributed by atoms with Crippen LogP contribution in [0.3, 0.4) is 0 Å².